The lowest BCUT2D eigenvalue weighted by Gasteiger charge is -2.13. The van der Waals surface area contributed by atoms with Gasteiger partial charge in [-0.25, -0.2) is 5.01 Å². The maximum absolute atomic E-state index is 12.5. The van der Waals surface area contributed by atoms with Gasteiger partial charge in [0.05, 0.1) is 10.2 Å². The Morgan fingerprint density at radius 1 is 1.09 bits per heavy atom. The van der Waals surface area contributed by atoms with E-state index in [1.54, 1.807) is 36.4 Å². The largest absolute Gasteiger partial charge is 0.506 e. The summed E-state index contributed by atoms with van der Waals surface area (Å²) in [6.45, 7) is 0. The van der Waals surface area contributed by atoms with Gasteiger partial charge < -0.3 is 5.11 Å². The Morgan fingerprint density at radius 2 is 1.78 bits per heavy atom. The topological polar surface area (TPSA) is 69.6 Å². The molecule has 0 aromatic heterocycles. The number of amides is 2. The van der Waals surface area contributed by atoms with Gasteiger partial charge >= 0.3 is 0 Å². The molecule has 3 rings (SSSR count). The van der Waals surface area contributed by atoms with Crippen LogP contribution in [0.15, 0.2) is 57.0 Å². The summed E-state index contributed by atoms with van der Waals surface area (Å²) in [5.41, 5.74) is 3.39. The maximum Gasteiger partial charge on any atom is 0.282 e. The number of halogens is 2. The van der Waals surface area contributed by atoms with Crippen LogP contribution >= 0.6 is 31.9 Å². The first kappa shape index (κ1) is 15.8. The summed E-state index contributed by atoms with van der Waals surface area (Å²) in [5, 5.41) is 11.2. The van der Waals surface area contributed by atoms with Crippen molar-refractivity contribution in [3.63, 3.8) is 0 Å². The molecule has 1 fully saturated rings. The highest BCUT2D eigenvalue weighted by atomic mass is 79.9. The molecule has 2 amide bonds. The van der Waals surface area contributed by atoms with Gasteiger partial charge in [-0.15, -0.1) is 0 Å². The number of aromatic hydroxyl groups is 1. The van der Waals surface area contributed by atoms with Crippen LogP contribution in [-0.4, -0.2) is 16.9 Å². The number of benzene rings is 2. The zero-order valence-electron chi connectivity index (χ0n) is 11.6. The minimum atomic E-state index is -0.519. The molecule has 0 bridgehead atoms. The van der Waals surface area contributed by atoms with E-state index in [9.17, 15) is 14.7 Å². The lowest BCUT2D eigenvalue weighted by molar-refractivity contribution is -0.117. The quantitative estimate of drug-likeness (QED) is 0.559. The maximum atomic E-state index is 12.5. The Balaban J connectivity index is 2.01. The van der Waals surface area contributed by atoms with Crippen LogP contribution in [0, 0.1) is 0 Å². The monoisotopic (exact) mass is 436 g/mol. The number of para-hydroxylation sites is 1. The van der Waals surface area contributed by atoms with E-state index >= 15 is 0 Å². The van der Waals surface area contributed by atoms with Crippen LogP contribution in [0.25, 0.3) is 6.08 Å². The molecule has 2 N–H and O–H groups in total. The molecule has 2 aromatic carbocycles. The molecule has 7 heteroatoms. The third-order valence-corrected chi connectivity index (χ3v) is 4.33. The van der Waals surface area contributed by atoms with Gasteiger partial charge in [0.25, 0.3) is 11.8 Å². The molecule has 1 heterocycles. The van der Waals surface area contributed by atoms with E-state index in [-0.39, 0.29) is 11.3 Å². The van der Waals surface area contributed by atoms with Crippen LogP contribution < -0.4 is 10.4 Å². The number of carbonyl (C=O) groups is 2. The van der Waals surface area contributed by atoms with Gasteiger partial charge in [0, 0.05) is 10.0 Å². The fraction of sp³-hybridized carbons (Fsp3) is 0. The molecule has 1 saturated heterocycles. The van der Waals surface area contributed by atoms with Crippen molar-refractivity contribution in [1.29, 1.82) is 0 Å². The van der Waals surface area contributed by atoms with Crippen LogP contribution in [-0.2, 0) is 9.59 Å². The molecule has 0 aliphatic carbocycles. The van der Waals surface area contributed by atoms with Crippen molar-refractivity contribution in [2.45, 2.75) is 0 Å². The van der Waals surface area contributed by atoms with E-state index in [2.05, 4.69) is 37.3 Å². The van der Waals surface area contributed by atoms with Crippen LogP contribution in [0.5, 0.6) is 5.75 Å². The van der Waals surface area contributed by atoms with Crippen molar-refractivity contribution < 1.29 is 14.7 Å². The van der Waals surface area contributed by atoms with Crippen molar-refractivity contribution in [1.82, 2.24) is 5.43 Å². The normalized spacial score (nSPS) is 16.1. The second-order valence-electron chi connectivity index (χ2n) is 4.80. The highest BCUT2D eigenvalue weighted by Gasteiger charge is 2.34. The molecule has 0 atom stereocenters. The number of hydrazine groups is 1. The van der Waals surface area contributed by atoms with Crippen LogP contribution in [0.4, 0.5) is 5.69 Å². The number of hydrogen-bond acceptors (Lipinski definition) is 3. The van der Waals surface area contributed by atoms with Crippen LogP contribution in [0.1, 0.15) is 5.56 Å². The van der Waals surface area contributed by atoms with Gasteiger partial charge in [-0.3, -0.25) is 15.0 Å². The Bertz CT molecular complexity index is 835. The van der Waals surface area contributed by atoms with Gasteiger partial charge in [0.2, 0.25) is 0 Å². The zero-order valence-corrected chi connectivity index (χ0v) is 14.8. The first-order valence-electron chi connectivity index (χ1n) is 6.57. The van der Waals surface area contributed by atoms with E-state index < -0.39 is 11.8 Å². The summed E-state index contributed by atoms with van der Waals surface area (Å²) < 4.78 is 1.17. The molecular formula is C16H10Br2N2O3. The summed E-state index contributed by atoms with van der Waals surface area (Å²) in [6, 6.07) is 12.1. The van der Waals surface area contributed by atoms with Crippen molar-refractivity contribution in [3.05, 3.63) is 62.5 Å². The second-order valence-corrected chi connectivity index (χ2v) is 6.57. The van der Waals surface area contributed by atoms with Crippen molar-refractivity contribution in [3.8, 4) is 5.75 Å². The minimum Gasteiger partial charge on any atom is -0.506 e. The Kier molecular flexibility index (Phi) is 4.23. The number of nitrogens with one attached hydrogen (secondary N) is 1. The van der Waals surface area contributed by atoms with Gasteiger partial charge in [-0.1, -0.05) is 34.1 Å². The van der Waals surface area contributed by atoms with Gasteiger partial charge in [0.15, 0.2) is 0 Å². The van der Waals surface area contributed by atoms with Gasteiger partial charge in [-0.05, 0) is 46.3 Å². The summed E-state index contributed by atoms with van der Waals surface area (Å²) in [7, 11) is 0. The third kappa shape index (κ3) is 3.02. The minimum absolute atomic E-state index is 0.0422. The van der Waals surface area contributed by atoms with Crippen molar-refractivity contribution in [2.24, 2.45) is 0 Å². The lowest BCUT2D eigenvalue weighted by atomic mass is 10.1. The van der Waals surface area contributed by atoms with Crippen molar-refractivity contribution in [2.75, 3.05) is 5.01 Å². The molecule has 1 aliphatic rings. The van der Waals surface area contributed by atoms with Gasteiger partial charge in [0.1, 0.15) is 11.3 Å². The molecule has 0 spiro atoms. The van der Waals surface area contributed by atoms with E-state index in [1.807, 2.05) is 6.07 Å². The van der Waals surface area contributed by atoms with Crippen molar-refractivity contribution >= 4 is 55.4 Å². The number of phenols is 1. The number of anilines is 1. The van der Waals surface area contributed by atoms with Crippen LogP contribution in [0.3, 0.4) is 0 Å². The van der Waals surface area contributed by atoms with E-state index in [1.165, 1.54) is 11.1 Å². The average molecular weight is 438 g/mol. The number of hydrogen-bond donors (Lipinski definition) is 2. The standard InChI is InChI=1S/C16H10Br2N2O3/c17-10-6-9(14(21)13(18)8-10)7-12-15(22)19-20(16(12)23)11-4-2-1-3-5-11/h1-8,21H,(H,19,22)/b12-7-. The first-order valence-corrected chi connectivity index (χ1v) is 8.16. The number of phenolic OH excluding ortho intramolecular Hbond substituents is 1. The Morgan fingerprint density at radius 3 is 2.48 bits per heavy atom. The number of rotatable bonds is 2. The summed E-state index contributed by atoms with van der Waals surface area (Å²) in [5.74, 6) is -1.04. The molecule has 116 valence electrons. The summed E-state index contributed by atoms with van der Waals surface area (Å²) in [4.78, 5) is 24.6. The molecule has 0 saturated carbocycles. The van der Waals surface area contributed by atoms with E-state index in [4.69, 9.17) is 0 Å². The second kappa shape index (κ2) is 6.17. The average Bonchev–Trinajstić information content (AvgIpc) is 2.81. The van der Waals surface area contributed by atoms with Gasteiger partial charge in [-0.2, -0.15) is 0 Å². The number of carbonyl (C=O) groups excluding carboxylic acids is 2. The molecule has 23 heavy (non-hydrogen) atoms. The van der Waals surface area contributed by atoms with E-state index in [0.29, 0.717) is 20.2 Å². The highest BCUT2D eigenvalue weighted by Crippen LogP contribution is 2.33. The fourth-order valence-electron chi connectivity index (χ4n) is 2.17. The molecule has 2 aromatic rings. The molecule has 5 nitrogen and oxygen atoms in total. The van der Waals surface area contributed by atoms with E-state index in [0.717, 1.165) is 0 Å². The molecule has 1 aliphatic heterocycles. The predicted molar refractivity (Wildman–Crippen MR) is 93.6 cm³/mol. The first-order chi connectivity index (χ1) is 11.0. The predicted octanol–water partition coefficient (Wildman–Crippen LogP) is 3.38. The third-order valence-electron chi connectivity index (χ3n) is 3.26. The summed E-state index contributed by atoms with van der Waals surface area (Å²) >= 11 is 6.53. The molecular weight excluding hydrogens is 428 g/mol. The molecule has 0 unspecified atom stereocenters. The zero-order chi connectivity index (χ0) is 16.6. The Hall–Kier alpha value is -2.12. The molecule has 0 radical (unpaired) electrons. The number of nitrogens with zero attached hydrogens (tertiary/aromatic N) is 1. The fourth-order valence-corrected chi connectivity index (χ4v) is 3.43. The summed E-state index contributed by atoms with van der Waals surface area (Å²) in [6.07, 6.45) is 1.37. The lowest BCUT2D eigenvalue weighted by Crippen LogP contribution is -2.35. The van der Waals surface area contributed by atoms with Crippen LogP contribution in [0.2, 0.25) is 0 Å². The highest BCUT2D eigenvalue weighted by molar-refractivity contribution is 9.11. The SMILES string of the molecule is O=C1NN(c2ccccc2)C(=O)/C1=C\c1cc(Br)cc(Br)c1O. The Labute approximate surface area is 148 Å². The smallest absolute Gasteiger partial charge is 0.282 e.